The Morgan fingerprint density at radius 3 is 2.73 bits per heavy atom. The lowest BCUT2D eigenvalue weighted by molar-refractivity contribution is -0.137. The highest BCUT2D eigenvalue weighted by molar-refractivity contribution is 7.99. The molecule has 0 saturated carbocycles. The molecule has 0 bridgehead atoms. The van der Waals surface area contributed by atoms with Crippen LogP contribution in [0, 0.1) is 0 Å². The molecule has 9 heteroatoms. The summed E-state index contributed by atoms with van der Waals surface area (Å²) >= 11 is 1.55. The van der Waals surface area contributed by atoms with Gasteiger partial charge in [0, 0.05) is 40.9 Å². The zero-order valence-corrected chi connectivity index (χ0v) is 23.7. The van der Waals surface area contributed by atoms with Crippen molar-refractivity contribution in [3.8, 4) is 0 Å². The molecule has 4 aromatic rings. The Hall–Kier alpha value is -3.95. The molecule has 1 atom stereocenters. The molecule has 1 saturated heterocycles. The molecule has 1 aliphatic heterocycles. The second kappa shape index (κ2) is 14.1. The van der Waals surface area contributed by atoms with Gasteiger partial charge in [0.15, 0.2) is 6.23 Å². The van der Waals surface area contributed by atoms with E-state index in [1.165, 1.54) is 0 Å². The van der Waals surface area contributed by atoms with E-state index in [1.807, 2.05) is 59.3 Å². The minimum Gasteiger partial charge on any atom is -0.481 e. The van der Waals surface area contributed by atoms with Gasteiger partial charge in [-0.3, -0.25) is 14.6 Å². The second-order valence-electron chi connectivity index (χ2n) is 9.98. The molecule has 3 heterocycles. The number of carbonyl (C=O) groups excluding carboxylic acids is 1. The monoisotopic (exact) mass is 570 g/mol. The summed E-state index contributed by atoms with van der Waals surface area (Å²) in [5.41, 5.74) is 3.34. The lowest BCUT2D eigenvalue weighted by Crippen LogP contribution is -2.25. The second-order valence-corrected chi connectivity index (χ2v) is 11.1. The molecule has 5 rings (SSSR count). The number of nitrogens with zero attached hydrogens (tertiary/aromatic N) is 3. The van der Waals surface area contributed by atoms with E-state index in [9.17, 15) is 9.59 Å². The lowest BCUT2D eigenvalue weighted by atomic mass is 10.1. The highest BCUT2D eigenvalue weighted by atomic mass is 32.2. The topological polar surface area (TPSA) is 106 Å². The summed E-state index contributed by atoms with van der Waals surface area (Å²) in [4.78, 5) is 29.9. The number of carboxylic acids is 1. The van der Waals surface area contributed by atoms with Gasteiger partial charge in [0.2, 0.25) is 0 Å². The maximum Gasteiger partial charge on any atom is 0.303 e. The number of benzene rings is 2. The Kier molecular flexibility index (Phi) is 9.82. The summed E-state index contributed by atoms with van der Waals surface area (Å²) in [5, 5.41) is 17.8. The fourth-order valence-electron chi connectivity index (χ4n) is 4.85. The van der Waals surface area contributed by atoms with Crippen LogP contribution in [0.15, 0.2) is 76.7 Å². The van der Waals surface area contributed by atoms with Gasteiger partial charge in [0.25, 0.3) is 5.91 Å². The molecule has 1 unspecified atom stereocenters. The van der Waals surface area contributed by atoms with E-state index in [2.05, 4.69) is 28.5 Å². The van der Waals surface area contributed by atoms with Crippen LogP contribution in [0.2, 0.25) is 0 Å². The third-order valence-corrected chi connectivity index (χ3v) is 8.01. The van der Waals surface area contributed by atoms with Crippen LogP contribution in [0.5, 0.6) is 0 Å². The largest absolute Gasteiger partial charge is 0.481 e. The number of carbonyl (C=O) groups is 2. The summed E-state index contributed by atoms with van der Waals surface area (Å²) < 4.78 is 8.11. The summed E-state index contributed by atoms with van der Waals surface area (Å²) in [5.74, 6) is -0.917. The van der Waals surface area contributed by atoms with Crippen LogP contribution in [0.4, 0.5) is 0 Å². The Morgan fingerprint density at radius 1 is 1.05 bits per heavy atom. The fourth-order valence-corrected chi connectivity index (χ4v) is 5.83. The van der Waals surface area contributed by atoms with E-state index >= 15 is 0 Å². The molecular formula is C32H34N4O4S. The van der Waals surface area contributed by atoms with Crippen LogP contribution in [0.1, 0.15) is 72.9 Å². The molecule has 0 spiro atoms. The zero-order valence-electron chi connectivity index (χ0n) is 22.9. The van der Waals surface area contributed by atoms with Gasteiger partial charge in [-0.25, -0.2) is 4.68 Å². The first-order chi connectivity index (χ1) is 20.1. The highest BCUT2D eigenvalue weighted by Gasteiger charge is 2.21. The summed E-state index contributed by atoms with van der Waals surface area (Å²) in [6, 6.07) is 19.7. The van der Waals surface area contributed by atoms with Gasteiger partial charge in [0.1, 0.15) is 0 Å². The van der Waals surface area contributed by atoms with Crippen molar-refractivity contribution in [2.45, 2.75) is 61.0 Å². The summed E-state index contributed by atoms with van der Waals surface area (Å²) in [7, 11) is 0. The normalized spacial score (nSPS) is 15.4. The predicted molar refractivity (Wildman–Crippen MR) is 161 cm³/mol. The van der Waals surface area contributed by atoms with Crippen molar-refractivity contribution in [1.29, 1.82) is 0 Å². The van der Waals surface area contributed by atoms with Crippen molar-refractivity contribution in [1.82, 2.24) is 20.1 Å². The first kappa shape index (κ1) is 28.6. The molecule has 1 fully saturated rings. The van der Waals surface area contributed by atoms with E-state index in [0.717, 1.165) is 70.8 Å². The highest BCUT2D eigenvalue weighted by Crippen LogP contribution is 2.35. The Labute approximate surface area is 243 Å². The maximum atomic E-state index is 13.0. The van der Waals surface area contributed by atoms with Gasteiger partial charge in [-0.05, 0) is 86.7 Å². The van der Waals surface area contributed by atoms with Crippen LogP contribution in [-0.4, -0.2) is 44.9 Å². The zero-order chi connectivity index (χ0) is 28.4. The Bertz CT molecular complexity index is 1510. The van der Waals surface area contributed by atoms with E-state index in [1.54, 1.807) is 18.0 Å². The van der Waals surface area contributed by atoms with E-state index < -0.39 is 5.97 Å². The first-order valence-electron chi connectivity index (χ1n) is 14.1. The van der Waals surface area contributed by atoms with Crippen molar-refractivity contribution < 1.29 is 19.4 Å². The van der Waals surface area contributed by atoms with Crippen LogP contribution < -0.4 is 5.32 Å². The van der Waals surface area contributed by atoms with Crippen LogP contribution in [0.25, 0.3) is 23.1 Å². The number of aliphatic carboxylic acids is 1. The number of ether oxygens (including phenoxy) is 1. The number of amides is 1. The van der Waals surface area contributed by atoms with Crippen molar-refractivity contribution in [3.05, 3.63) is 83.8 Å². The van der Waals surface area contributed by atoms with Crippen LogP contribution in [-0.2, 0) is 9.53 Å². The van der Waals surface area contributed by atoms with E-state index in [4.69, 9.17) is 14.9 Å². The molecule has 1 amide bonds. The molecular weight excluding hydrogens is 536 g/mol. The van der Waals surface area contributed by atoms with Crippen molar-refractivity contribution in [2.24, 2.45) is 0 Å². The average Bonchev–Trinajstić information content (AvgIpc) is 3.36. The number of hydrogen-bond donors (Lipinski definition) is 2. The molecule has 8 nitrogen and oxygen atoms in total. The van der Waals surface area contributed by atoms with Gasteiger partial charge in [-0.1, -0.05) is 36.4 Å². The number of aromatic nitrogens is 3. The molecule has 2 aromatic heterocycles. The Balaban J connectivity index is 1.36. The first-order valence-corrected chi connectivity index (χ1v) is 14.9. The van der Waals surface area contributed by atoms with E-state index in [0.29, 0.717) is 18.5 Å². The van der Waals surface area contributed by atoms with Crippen LogP contribution in [0.3, 0.4) is 0 Å². The molecule has 1 aliphatic rings. The number of rotatable bonds is 12. The van der Waals surface area contributed by atoms with Crippen molar-refractivity contribution in [3.63, 3.8) is 0 Å². The standard InChI is InChI=1S/C32H34N4O4S/c37-31(38)14-2-1-7-20-34-32(39)26-11-3-4-12-29(26)41-24-16-17-25-27(18-15-23-10-5-8-19-33-23)35-36(28(25)22-24)30-13-6-9-21-40-30/h3-5,8,10-12,15-19,22,30H,1-2,6-7,9,13-14,20-21H2,(H,34,39)(H,37,38). The number of hydrogen-bond acceptors (Lipinski definition) is 6. The maximum absolute atomic E-state index is 13.0. The molecule has 2 N–H and O–H groups in total. The minimum atomic E-state index is -0.787. The summed E-state index contributed by atoms with van der Waals surface area (Å²) in [6.07, 6.45) is 11.0. The molecule has 2 aromatic carbocycles. The Morgan fingerprint density at radius 2 is 1.93 bits per heavy atom. The van der Waals surface area contributed by atoms with Gasteiger partial charge >= 0.3 is 5.97 Å². The molecule has 212 valence electrons. The van der Waals surface area contributed by atoms with Crippen LogP contribution >= 0.6 is 11.8 Å². The molecule has 41 heavy (non-hydrogen) atoms. The number of carboxylic acid groups (broad SMARTS) is 1. The quantitative estimate of drug-likeness (QED) is 0.180. The fraction of sp³-hybridized carbons (Fsp3) is 0.312. The number of fused-ring (bicyclic) bond motifs is 1. The van der Waals surface area contributed by atoms with Crippen molar-refractivity contribution in [2.75, 3.05) is 13.2 Å². The van der Waals surface area contributed by atoms with Crippen molar-refractivity contribution >= 4 is 46.7 Å². The third kappa shape index (κ3) is 7.62. The number of nitrogens with one attached hydrogen (secondary N) is 1. The van der Waals surface area contributed by atoms with Gasteiger partial charge in [-0.2, -0.15) is 5.10 Å². The summed E-state index contributed by atoms with van der Waals surface area (Å²) in [6.45, 7) is 1.24. The van der Waals surface area contributed by atoms with Gasteiger partial charge < -0.3 is 15.2 Å². The van der Waals surface area contributed by atoms with E-state index in [-0.39, 0.29) is 18.6 Å². The number of pyridine rings is 1. The smallest absolute Gasteiger partial charge is 0.303 e. The number of unbranched alkanes of at least 4 members (excludes halogenated alkanes) is 2. The SMILES string of the molecule is O=C(O)CCCCCNC(=O)c1ccccc1Sc1ccc2c(C=Cc3ccccn3)nn(C3CCCCO3)c2c1. The predicted octanol–water partition coefficient (Wildman–Crippen LogP) is 6.83. The van der Waals surface area contributed by atoms with Gasteiger partial charge in [-0.15, -0.1) is 0 Å². The van der Waals surface area contributed by atoms with Gasteiger partial charge in [0.05, 0.1) is 22.5 Å². The minimum absolute atomic E-state index is 0.114. The third-order valence-electron chi connectivity index (χ3n) is 6.95. The molecule has 0 radical (unpaired) electrons. The molecule has 0 aliphatic carbocycles. The lowest BCUT2D eigenvalue weighted by Gasteiger charge is -2.23. The average molecular weight is 571 g/mol.